The molecule has 2 atom stereocenters. The minimum Gasteiger partial charge on any atom is -0.378 e. The summed E-state index contributed by atoms with van der Waals surface area (Å²) in [4.78, 5) is 4.31. The summed E-state index contributed by atoms with van der Waals surface area (Å²) in [7, 11) is 0. The second kappa shape index (κ2) is 5.85. The van der Waals surface area contributed by atoms with Crippen molar-refractivity contribution in [2.45, 2.75) is 57.2 Å². The summed E-state index contributed by atoms with van der Waals surface area (Å²) in [5.41, 5.74) is 1.35. The topological polar surface area (TPSA) is 39.1 Å². The highest BCUT2D eigenvalue weighted by atomic mass is 16.5. The van der Waals surface area contributed by atoms with Crippen molar-refractivity contribution in [1.82, 2.24) is 14.9 Å². The third kappa shape index (κ3) is 2.75. The highest BCUT2D eigenvalue weighted by Crippen LogP contribution is 2.23. The lowest BCUT2D eigenvalue weighted by atomic mass is 10.1. The highest BCUT2D eigenvalue weighted by Gasteiger charge is 2.20. The van der Waals surface area contributed by atoms with E-state index in [0.29, 0.717) is 12.1 Å². The number of aromatic nitrogens is 2. The first kappa shape index (κ1) is 12.2. The second-order valence-electron chi connectivity index (χ2n) is 5.44. The monoisotopic (exact) mass is 249 g/mol. The Morgan fingerprint density at radius 1 is 1.33 bits per heavy atom. The number of hydrogen-bond acceptors (Lipinski definition) is 3. The van der Waals surface area contributed by atoms with Crippen LogP contribution in [-0.2, 0) is 11.3 Å². The molecule has 0 amide bonds. The summed E-state index contributed by atoms with van der Waals surface area (Å²) < 4.78 is 8.10. The molecule has 2 aliphatic heterocycles. The van der Waals surface area contributed by atoms with Crippen molar-refractivity contribution >= 4 is 0 Å². The number of rotatable bonds is 4. The second-order valence-corrected chi connectivity index (χ2v) is 5.44. The predicted molar refractivity (Wildman–Crippen MR) is 70.4 cm³/mol. The molecule has 1 N–H and O–H groups in total. The van der Waals surface area contributed by atoms with Crippen molar-refractivity contribution < 1.29 is 4.74 Å². The molecule has 100 valence electrons. The summed E-state index contributed by atoms with van der Waals surface area (Å²) in [5, 5.41) is 3.55. The molecule has 2 aliphatic rings. The molecule has 4 nitrogen and oxygen atoms in total. The Bertz CT molecular complexity index is 365. The molecule has 1 aromatic rings. The first-order valence-corrected chi connectivity index (χ1v) is 7.28. The average molecular weight is 249 g/mol. The lowest BCUT2D eigenvalue weighted by Gasteiger charge is -2.23. The van der Waals surface area contributed by atoms with Crippen LogP contribution in [0, 0.1) is 0 Å². The van der Waals surface area contributed by atoms with Crippen LogP contribution < -0.4 is 5.32 Å². The Balaban J connectivity index is 1.56. The minimum absolute atomic E-state index is 0.463. The molecule has 18 heavy (non-hydrogen) atoms. The van der Waals surface area contributed by atoms with E-state index in [1.54, 1.807) is 0 Å². The quantitative estimate of drug-likeness (QED) is 0.889. The first-order chi connectivity index (χ1) is 8.93. The van der Waals surface area contributed by atoms with Gasteiger partial charge in [0.25, 0.3) is 0 Å². The van der Waals surface area contributed by atoms with Gasteiger partial charge in [-0.25, -0.2) is 4.98 Å². The van der Waals surface area contributed by atoms with Gasteiger partial charge in [-0.1, -0.05) is 0 Å². The van der Waals surface area contributed by atoms with Gasteiger partial charge in [-0.2, -0.15) is 0 Å². The summed E-state index contributed by atoms with van der Waals surface area (Å²) in [6.45, 7) is 3.13. The Labute approximate surface area is 109 Å². The number of ether oxygens (including phenoxy) is 1. The fraction of sp³-hybridized carbons (Fsp3) is 0.786. The third-order valence-corrected chi connectivity index (χ3v) is 4.13. The molecule has 0 radical (unpaired) electrons. The van der Waals surface area contributed by atoms with Crippen LogP contribution >= 0.6 is 0 Å². The van der Waals surface area contributed by atoms with E-state index in [1.165, 1.54) is 37.8 Å². The fourth-order valence-electron chi connectivity index (χ4n) is 3.06. The van der Waals surface area contributed by atoms with E-state index in [1.807, 2.05) is 12.5 Å². The standard InChI is InChI=1S/C14H23N3O/c1-2-9-18-12(4-1)6-8-17-11-15-10-14(17)13-5-3-7-16-13/h10-13,16H,1-9H2/t12?,13-/m0/s1. The van der Waals surface area contributed by atoms with Gasteiger partial charge in [0.1, 0.15) is 0 Å². The van der Waals surface area contributed by atoms with Crippen LogP contribution in [0.1, 0.15) is 50.3 Å². The molecule has 0 aliphatic carbocycles. The van der Waals surface area contributed by atoms with E-state index < -0.39 is 0 Å². The fourth-order valence-corrected chi connectivity index (χ4v) is 3.06. The van der Waals surface area contributed by atoms with Gasteiger partial charge in [-0.05, 0) is 45.1 Å². The Hall–Kier alpha value is -0.870. The zero-order valence-corrected chi connectivity index (χ0v) is 11.0. The van der Waals surface area contributed by atoms with E-state index >= 15 is 0 Å². The van der Waals surface area contributed by atoms with Crippen molar-refractivity contribution in [2.24, 2.45) is 0 Å². The van der Waals surface area contributed by atoms with E-state index in [2.05, 4.69) is 14.9 Å². The van der Waals surface area contributed by atoms with Gasteiger partial charge in [-0.3, -0.25) is 0 Å². The maximum Gasteiger partial charge on any atom is 0.0948 e. The molecule has 3 heterocycles. The van der Waals surface area contributed by atoms with E-state index in [9.17, 15) is 0 Å². The SMILES string of the molecule is c1ncn(CCC2CCCCO2)c1[C@@H]1CCCN1. The van der Waals surface area contributed by atoms with Crippen molar-refractivity contribution in [3.63, 3.8) is 0 Å². The van der Waals surface area contributed by atoms with Crippen LogP contribution in [0.3, 0.4) is 0 Å². The first-order valence-electron chi connectivity index (χ1n) is 7.28. The Morgan fingerprint density at radius 2 is 2.33 bits per heavy atom. The molecule has 2 fully saturated rings. The van der Waals surface area contributed by atoms with E-state index in [0.717, 1.165) is 26.1 Å². The van der Waals surface area contributed by atoms with E-state index in [-0.39, 0.29) is 0 Å². The maximum absolute atomic E-state index is 5.79. The molecular formula is C14H23N3O. The number of nitrogens with one attached hydrogen (secondary N) is 1. The molecule has 0 saturated carbocycles. The molecule has 0 aromatic carbocycles. The van der Waals surface area contributed by atoms with Crippen LogP contribution in [0.25, 0.3) is 0 Å². The lowest BCUT2D eigenvalue weighted by Crippen LogP contribution is -2.22. The van der Waals surface area contributed by atoms with Gasteiger partial charge in [0.15, 0.2) is 0 Å². The molecular weight excluding hydrogens is 226 g/mol. The highest BCUT2D eigenvalue weighted by molar-refractivity contribution is 5.07. The van der Waals surface area contributed by atoms with Crippen molar-refractivity contribution in [2.75, 3.05) is 13.2 Å². The van der Waals surface area contributed by atoms with Gasteiger partial charge in [0.05, 0.1) is 18.1 Å². The lowest BCUT2D eigenvalue weighted by molar-refractivity contribution is 0.00865. The van der Waals surface area contributed by atoms with Crippen LogP contribution in [0.5, 0.6) is 0 Å². The summed E-state index contributed by atoms with van der Waals surface area (Å²) in [6.07, 6.45) is 11.9. The van der Waals surface area contributed by atoms with Gasteiger partial charge < -0.3 is 14.6 Å². The number of nitrogens with zero attached hydrogens (tertiary/aromatic N) is 2. The van der Waals surface area contributed by atoms with Crippen LogP contribution in [0.2, 0.25) is 0 Å². The number of hydrogen-bond donors (Lipinski definition) is 1. The van der Waals surface area contributed by atoms with Crippen molar-refractivity contribution in [3.05, 3.63) is 18.2 Å². The van der Waals surface area contributed by atoms with Gasteiger partial charge >= 0.3 is 0 Å². The Morgan fingerprint density at radius 3 is 3.11 bits per heavy atom. The predicted octanol–water partition coefficient (Wildman–Crippen LogP) is 2.27. The maximum atomic E-state index is 5.79. The molecule has 0 spiro atoms. The minimum atomic E-state index is 0.463. The smallest absolute Gasteiger partial charge is 0.0948 e. The Kier molecular flexibility index (Phi) is 3.96. The molecule has 4 heteroatoms. The van der Waals surface area contributed by atoms with Crippen LogP contribution in [-0.4, -0.2) is 28.8 Å². The summed E-state index contributed by atoms with van der Waals surface area (Å²) >= 11 is 0. The molecule has 1 aromatic heterocycles. The van der Waals surface area contributed by atoms with Crippen LogP contribution in [0.15, 0.2) is 12.5 Å². The molecule has 0 bridgehead atoms. The zero-order valence-electron chi connectivity index (χ0n) is 11.0. The van der Waals surface area contributed by atoms with E-state index in [4.69, 9.17) is 4.74 Å². The number of aryl methyl sites for hydroxylation is 1. The normalized spacial score (nSPS) is 28.7. The largest absolute Gasteiger partial charge is 0.378 e. The molecule has 3 rings (SSSR count). The number of imidazole rings is 1. The molecule has 1 unspecified atom stereocenters. The van der Waals surface area contributed by atoms with Gasteiger partial charge in [0, 0.05) is 25.4 Å². The molecule has 2 saturated heterocycles. The average Bonchev–Trinajstić information content (AvgIpc) is 3.08. The summed E-state index contributed by atoms with van der Waals surface area (Å²) in [5.74, 6) is 0. The van der Waals surface area contributed by atoms with Crippen molar-refractivity contribution in [3.8, 4) is 0 Å². The van der Waals surface area contributed by atoms with Crippen molar-refractivity contribution in [1.29, 1.82) is 0 Å². The van der Waals surface area contributed by atoms with Crippen LogP contribution in [0.4, 0.5) is 0 Å². The summed E-state index contributed by atoms with van der Waals surface area (Å²) in [6, 6.07) is 0.514. The van der Waals surface area contributed by atoms with Gasteiger partial charge in [0.2, 0.25) is 0 Å². The zero-order chi connectivity index (χ0) is 12.2. The third-order valence-electron chi connectivity index (χ3n) is 4.13. The van der Waals surface area contributed by atoms with Gasteiger partial charge in [-0.15, -0.1) is 0 Å².